The summed E-state index contributed by atoms with van der Waals surface area (Å²) >= 11 is 0. The van der Waals surface area contributed by atoms with Crippen molar-refractivity contribution in [2.45, 2.75) is 46.0 Å². The Morgan fingerprint density at radius 3 is 2.18 bits per heavy atom. The smallest absolute Gasteiger partial charge is 0.338 e. The van der Waals surface area contributed by atoms with E-state index < -0.39 is 0 Å². The molecule has 4 rings (SSSR count). The van der Waals surface area contributed by atoms with Gasteiger partial charge in [-0.25, -0.2) is 4.79 Å². The third-order valence-electron chi connectivity index (χ3n) is 6.29. The van der Waals surface area contributed by atoms with Crippen molar-refractivity contribution in [2.75, 3.05) is 24.6 Å². The van der Waals surface area contributed by atoms with Crippen molar-refractivity contribution in [2.24, 2.45) is 0 Å². The summed E-state index contributed by atoms with van der Waals surface area (Å²) in [6.45, 7) is 11.1. The molecular formula is C29H33NO3. The Balaban J connectivity index is 1.71. The van der Waals surface area contributed by atoms with E-state index in [1.54, 1.807) is 25.1 Å². The largest absolute Gasteiger partial charge is 0.507 e. The summed E-state index contributed by atoms with van der Waals surface area (Å²) in [7, 11) is 0. The van der Waals surface area contributed by atoms with E-state index in [1.807, 2.05) is 24.3 Å². The molecule has 4 nitrogen and oxygen atoms in total. The van der Waals surface area contributed by atoms with Crippen LogP contribution >= 0.6 is 0 Å². The van der Waals surface area contributed by atoms with Gasteiger partial charge in [-0.15, -0.1) is 0 Å². The molecule has 3 aromatic carbocycles. The number of hydrogen-bond acceptors (Lipinski definition) is 4. The second-order valence-electron chi connectivity index (χ2n) is 9.71. The standard InChI is InChI=1S/C29H33NO3/c1-5-33-28(32)21-10-8-20(9-11-21)22-13-15-27(31)24(18-22)23-12-14-26(30-16-6-7-17-30)25(19-23)29(2,3)4/h8-15,18-19,31H,5-7,16-17H2,1-4H3. The molecule has 1 N–H and O–H groups in total. The van der Waals surface area contributed by atoms with Gasteiger partial charge >= 0.3 is 5.97 Å². The average molecular weight is 444 g/mol. The van der Waals surface area contributed by atoms with E-state index in [0.29, 0.717) is 12.2 Å². The van der Waals surface area contributed by atoms with Crippen molar-refractivity contribution >= 4 is 11.7 Å². The van der Waals surface area contributed by atoms with Gasteiger partial charge in [0, 0.05) is 24.3 Å². The maximum Gasteiger partial charge on any atom is 0.338 e. The van der Waals surface area contributed by atoms with Gasteiger partial charge in [-0.1, -0.05) is 45.0 Å². The normalized spacial score (nSPS) is 13.9. The molecule has 0 atom stereocenters. The van der Waals surface area contributed by atoms with E-state index in [2.05, 4.69) is 43.9 Å². The van der Waals surface area contributed by atoms with Crippen molar-refractivity contribution in [3.05, 3.63) is 71.8 Å². The highest BCUT2D eigenvalue weighted by molar-refractivity contribution is 5.90. The zero-order valence-corrected chi connectivity index (χ0v) is 20.0. The second kappa shape index (κ2) is 9.30. The molecule has 3 aromatic rings. The molecule has 172 valence electrons. The zero-order valence-electron chi connectivity index (χ0n) is 20.0. The number of phenols is 1. The molecule has 1 saturated heterocycles. The first kappa shape index (κ1) is 22.9. The average Bonchev–Trinajstić information content (AvgIpc) is 3.34. The van der Waals surface area contributed by atoms with E-state index in [4.69, 9.17) is 4.74 Å². The molecule has 0 aromatic heterocycles. The number of ether oxygens (including phenoxy) is 1. The number of hydrogen-bond donors (Lipinski definition) is 1. The molecule has 0 radical (unpaired) electrons. The summed E-state index contributed by atoms with van der Waals surface area (Å²) < 4.78 is 5.08. The highest BCUT2D eigenvalue weighted by atomic mass is 16.5. The van der Waals surface area contributed by atoms with Crippen LogP contribution in [0.2, 0.25) is 0 Å². The van der Waals surface area contributed by atoms with Crippen molar-refractivity contribution in [3.8, 4) is 28.0 Å². The number of nitrogens with zero attached hydrogens (tertiary/aromatic N) is 1. The monoisotopic (exact) mass is 443 g/mol. The van der Waals surface area contributed by atoms with Gasteiger partial charge in [0.15, 0.2) is 0 Å². The summed E-state index contributed by atoms with van der Waals surface area (Å²) in [5.74, 6) is -0.0566. The zero-order chi connectivity index (χ0) is 23.6. The van der Waals surface area contributed by atoms with Crippen molar-refractivity contribution in [1.82, 2.24) is 0 Å². The SMILES string of the molecule is CCOC(=O)c1ccc(-c2ccc(O)c(-c3ccc(N4CCCC4)c(C(C)(C)C)c3)c2)cc1. The van der Waals surface area contributed by atoms with Gasteiger partial charge in [0.2, 0.25) is 0 Å². The molecule has 1 aliphatic heterocycles. The van der Waals surface area contributed by atoms with E-state index in [9.17, 15) is 9.90 Å². The van der Waals surface area contributed by atoms with Crippen LogP contribution in [-0.2, 0) is 10.2 Å². The predicted octanol–water partition coefficient (Wildman–Crippen LogP) is 6.80. The molecular weight excluding hydrogens is 410 g/mol. The minimum atomic E-state index is -0.316. The number of benzene rings is 3. The first-order valence-corrected chi connectivity index (χ1v) is 11.8. The Kier molecular flexibility index (Phi) is 6.46. The third-order valence-corrected chi connectivity index (χ3v) is 6.29. The summed E-state index contributed by atoms with van der Waals surface area (Å²) in [6, 6.07) is 19.6. The molecule has 0 spiro atoms. The lowest BCUT2D eigenvalue weighted by Crippen LogP contribution is -2.23. The minimum Gasteiger partial charge on any atom is -0.507 e. The lowest BCUT2D eigenvalue weighted by atomic mass is 9.83. The van der Waals surface area contributed by atoms with Crippen LogP contribution < -0.4 is 4.90 Å². The Morgan fingerprint density at radius 1 is 0.909 bits per heavy atom. The fourth-order valence-corrected chi connectivity index (χ4v) is 4.50. The molecule has 0 saturated carbocycles. The summed E-state index contributed by atoms with van der Waals surface area (Å²) in [6.07, 6.45) is 2.48. The van der Waals surface area contributed by atoms with E-state index >= 15 is 0 Å². The van der Waals surface area contributed by atoms with Gasteiger partial charge in [0.05, 0.1) is 12.2 Å². The van der Waals surface area contributed by atoms with Gasteiger partial charge in [0.25, 0.3) is 0 Å². The van der Waals surface area contributed by atoms with Crippen LogP contribution in [0.25, 0.3) is 22.3 Å². The number of rotatable bonds is 5. The lowest BCUT2D eigenvalue weighted by molar-refractivity contribution is 0.0526. The van der Waals surface area contributed by atoms with Gasteiger partial charge in [0.1, 0.15) is 5.75 Å². The highest BCUT2D eigenvalue weighted by Crippen LogP contribution is 2.40. The van der Waals surface area contributed by atoms with Crippen molar-refractivity contribution < 1.29 is 14.6 Å². The van der Waals surface area contributed by atoms with Crippen LogP contribution in [0.1, 0.15) is 56.5 Å². The van der Waals surface area contributed by atoms with Gasteiger partial charge < -0.3 is 14.7 Å². The quantitative estimate of drug-likeness (QED) is 0.441. The number of carbonyl (C=O) groups is 1. The lowest BCUT2D eigenvalue weighted by Gasteiger charge is -2.29. The van der Waals surface area contributed by atoms with Crippen LogP contribution in [-0.4, -0.2) is 30.8 Å². The predicted molar refractivity (Wildman–Crippen MR) is 135 cm³/mol. The van der Waals surface area contributed by atoms with E-state index in [-0.39, 0.29) is 17.1 Å². The van der Waals surface area contributed by atoms with Crippen LogP contribution in [0, 0.1) is 0 Å². The summed E-state index contributed by atoms with van der Waals surface area (Å²) in [5.41, 5.74) is 6.90. The van der Waals surface area contributed by atoms with E-state index in [0.717, 1.165) is 35.3 Å². The van der Waals surface area contributed by atoms with Gasteiger partial charge in [-0.3, -0.25) is 0 Å². The first-order valence-electron chi connectivity index (χ1n) is 11.8. The van der Waals surface area contributed by atoms with Gasteiger partial charge in [-0.2, -0.15) is 0 Å². The van der Waals surface area contributed by atoms with Crippen molar-refractivity contribution in [3.63, 3.8) is 0 Å². The van der Waals surface area contributed by atoms with Crippen molar-refractivity contribution in [1.29, 1.82) is 0 Å². The first-order chi connectivity index (χ1) is 15.8. The molecule has 33 heavy (non-hydrogen) atoms. The molecule has 0 aliphatic carbocycles. The molecule has 1 heterocycles. The Bertz CT molecular complexity index is 1140. The molecule has 0 unspecified atom stereocenters. The summed E-state index contributed by atoms with van der Waals surface area (Å²) in [5, 5.41) is 10.7. The molecule has 4 heteroatoms. The van der Waals surface area contributed by atoms with Crippen LogP contribution in [0.15, 0.2) is 60.7 Å². The maximum absolute atomic E-state index is 12.0. The molecule has 0 amide bonds. The fraction of sp³-hybridized carbons (Fsp3) is 0.345. The molecule has 0 bridgehead atoms. The topological polar surface area (TPSA) is 49.8 Å². The summed E-state index contributed by atoms with van der Waals surface area (Å²) in [4.78, 5) is 14.4. The van der Waals surface area contributed by atoms with Gasteiger partial charge in [-0.05, 0) is 83.8 Å². The second-order valence-corrected chi connectivity index (χ2v) is 9.71. The molecule has 1 fully saturated rings. The Labute approximate surface area is 196 Å². The maximum atomic E-state index is 12.0. The number of anilines is 1. The highest BCUT2D eigenvalue weighted by Gasteiger charge is 2.24. The minimum absolute atomic E-state index is 0.00983. The Hall–Kier alpha value is -3.27. The number of aromatic hydroxyl groups is 1. The molecule has 1 aliphatic rings. The third kappa shape index (κ3) is 4.90. The van der Waals surface area contributed by atoms with Crippen LogP contribution in [0.3, 0.4) is 0 Å². The number of carbonyl (C=O) groups excluding carboxylic acids is 1. The fourth-order valence-electron chi connectivity index (χ4n) is 4.50. The number of esters is 1. The van der Waals surface area contributed by atoms with Crippen LogP contribution in [0.4, 0.5) is 5.69 Å². The number of phenolic OH excluding ortho intramolecular Hbond substituents is 1. The van der Waals surface area contributed by atoms with Crippen LogP contribution in [0.5, 0.6) is 5.75 Å². The Morgan fingerprint density at radius 2 is 1.55 bits per heavy atom. The van der Waals surface area contributed by atoms with E-state index in [1.165, 1.54) is 24.1 Å².